The normalized spacial score (nSPS) is 12.2. The van der Waals surface area contributed by atoms with E-state index in [1.165, 1.54) is 18.4 Å². The zero-order chi connectivity index (χ0) is 12.1. The summed E-state index contributed by atoms with van der Waals surface area (Å²) in [5.74, 6) is -0.319. The first-order chi connectivity index (χ1) is 7.58. The minimum Gasteiger partial charge on any atom is -0.465 e. The maximum Gasteiger partial charge on any atom is 0.350 e. The second kappa shape index (κ2) is 6.10. The summed E-state index contributed by atoms with van der Waals surface area (Å²) in [5.41, 5.74) is 0.719. The number of methoxy groups -OCH3 is 1. The number of aryl methyl sites for hydroxylation is 1. The van der Waals surface area contributed by atoms with Gasteiger partial charge in [-0.25, -0.2) is 9.78 Å². The number of thioether (sulfide) groups is 1. The van der Waals surface area contributed by atoms with Crippen molar-refractivity contribution in [1.82, 2.24) is 4.98 Å². The molecule has 16 heavy (non-hydrogen) atoms. The Labute approximate surface area is 104 Å². The monoisotopic (exact) mass is 260 g/mol. The zero-order valence-corrected chi connectivity index (χ0v) is 11.5. The number of nitrogens with zero attached hydrogens (tertiary/aromatic N) is 1. The van der Waals surface area contributed by atoms with Gasteiger partial charge in [0.05, 0.1) is 12.8 Å². The Morgan fingerprint density at radius 3 is 2.94 bits per heavy atom. The third kappa shape index (κ3) is 3.38. The van der Waals surface area contributed by atoms with Crippen molar-refractivity contribution < 1.29 is 9.53 Å². The van der Waals surface area contributed by atoms with E-state index in [0.29, 0.717) is 10.1 Å². The van der Waals surface area contributed by atoms with Gasteiger partial charge < -0.3 is 10.1 Å². The molecule has 0 saturated heterocycles. The van der Waals surface area contributed by atoms with Crippen LogP contribution in [0.2, 0.25) is 0 Å². The number of aromatic nitrogens is 1. The fraction of sp³-hybridized carbons (Fsp3) is 0.600. The SMILES string of the molecule is COC(=O)c1sc(NCC(C)SC)nc1C. The Morgan fingerprint density at radius 1 is 1.69 bits per heavy atom. The van der Waals surface area contributed by atoms with Gasteiger partial charge in [0.15, 0.2) is 5.13 Å². The Balaban J connectivity index is 2.66. The molecule has 1 N–H and O–H groups in total. The molecule has 0 fully saturated rings. The minimum atomic E-state index is -0.319. The average molecular weight is 260 g/mol. The van der Waals surface area contributed by atoms with Crippen molar-refractivity contribution in [2.24, 2.45) is 0 Å². The number of hydrogen-bond acceptors (Lipinski definition) is 6. The van der Waals surface area contributed by atoms with Gasteiger partial charge in [0, 0.05) is 11.8 Å². The quantitative estimate of drug-likeness (QED) is 0.824. The number of carbonyl (C=O) groups excluding carboxylic acids is 1. The number of esters is 1. The number of nitrogens with one attached hydrogen (secondary N) is 1. The summed E-state index contributed by atoms with van der Waals surface area (Å²) >= 11 is 3.13. The molecule has 1 atom stereocenters. The zero-order valence-electron chi connectivity index (χ0n) is 9.86. The summed E-state index contributed by atoms with van der Waals surface area (Å²) in [6.45, 7) is 4.79. The summed E-state index contributed by atoms with van der Waals surface area (Å²) in [6.07, 6.45) is 2.07. The first kappa shape index (κ1) is 13.3. The third-order valence-electron chi connectivity index (χ3n) is 2.11. The van der Waals surface area contributed by atoms with E-state index in [1.54, 1.807) is 11.8 Å². The van der Waals surface area contributed by atoms with Gasteiger partial charge in [0.25, 0.3) is 0 Å². The van der Waals surface area contributed by atoms with E-state index in [-0.39, 0.29) is 5.97 Å². The number of ether oxygens (including phenoxy) is 1. The van der Waals surface area contributed by atoms with Crippen molar-refractivity contribution in [2.75, 3.05) is 25.2 Å². The van der Waals surface area contributed by atoms with Crippen LogP contribution in [0.25, 0.3) is 0 Å². The van der Waals surface area contributed by atoms with Gasteiger partial charge in [0.1, 0.15) is 4.88 Å². The van der Waals surface area contributed by atoms with E-state index in [4.69, 9.17) is 0 Å². The lowest BCUT2D eigenvalue weighted by Crippen LogP contribution is -2.12. The van der Waals surface area contributed by atoms with Gasteiger partial charge in [-0.3, -0.25) is 0 Å². The Hall–Kier alpha value is -0.750. The molecular formula is C10H16N2O2S2. The second-order valence-corrected chi connectivity index (χ2v) is 5.63. The molecule has 0 aliphatic carbocycles. The van der Waals surface area contributed by atoms with Gasteiger partial charge in [-0.15, -0.1) is 0 Å². The van der Waals surface area contributed by atoms with Crippen LogP contribution in [0.15, 0.2) is 0 Å². The highest BCUT2D eigenvalue weighted by atomic mass is 32.2. The summed E-state index contributed by atoms with van der Waals surface area (Å²) in [6, 6.07) is 0. The van der Waals surface area contributed by atoms with Crippen LogP contribution in [0.3, 0.4) is 0 Å². The maximum absolute atomic E-state index is 11.4. The van der Waals surface area contributed by atoms with Gasteiger partial charge in [0.2, 0.25) is 0 Å². The number of hydrogen-bond donors (Lipinski definition) is 1. The molecule has 0 saturated carbocycles. The van der Waals surface area contributed by atoms with Crippen molar-refractivity contribution in [1.29, 1.82) is 0 Å². The van der Waals surface area contributed by atoms with Crippen LogP contribution < -0.4 is 5.32 Å². The van der Waals surface area contributed by atoms with E-state index in [2.05, 4.69) is 28.2 Å². The number of carbonyl (C=O) groups is 1. The molecule has 0 bridgehead atoms. The van der Waals surface area contributed by atoms with Crippen LogP contribution in [-0.2, 0) is 4.74 Å². The highest BCUT2D eigenvalue weighted by Gasteiger charge is 2.15. The van der Waals surface area contributed by atoms with E-state index >= 15 is 0 Å². The summed E-state index contributed by atoms with van der Waals surface area (Å²) in [7, 11) is 1.38. The Morgan fingerprint density at radius 2 is 2.38 bits per heavy atom. The molecule has 1 rings (SSSR count). The topological polar surface area (TPSA) is 51.2 Å². The highest BCUT2D eigenvalue weighted by Crippen LogP contribution is 2.23. The smallest absolute Gasteiger partial charge is 0.350 e. The predicted molar refractivity (Wildman–Crippen MR) is 69.7 cm³/mol. The standard InChI is InChI=1S/C10H16N2O2S2/c1-6(15-4)5-11-10-12-7(2)8(16-10)9(13)14-3/h6H,5H2,1-4H3,(H,11,12). The molecule has 6 heteroatoms. The molecule has 90 valence electrons. The van der Waals surface area contributed by atoms with Crippen molar-refractivity contribution in [3.63, 3.8) is 0 Å². The predicted octanol–water partition coefficient (Wildman–Crippen LogP) is 2.40. The second-order valence-electron chi connectivity index (χ2n) is 3.35. The Kier molecular flexibility index (Phi) is 5.08. The first-order valence-corrected chi connectivity index (χ1v) is 7.01. The maximum atomic E-state index is 11.4. The number of anilines is 1. The van der Waals surface area contributed by atoms with Gasteiger partial charge in [-0.05, 0) is 13.2 Å². The van der Waals surface area contributed by atoms with Gasteiger partial charge >= 0.3 is 5.97 Å². The fourth-order valence-electron chi connectivity index (χ4n) is 1.07. The van der Waals surface area contributed by atoms with Crippen molar-refractivity contribution in [3.8, 4) is 0 Å². The molecule has 0 spiro atoms. The number of thiazole rings is 1. The van der Waals surface area contributed by atoms with Crippen molar-refractivity contribution >= 4 is 34.2 Å². The summed E-state index contributed by atoms with van der Waals surface area (Å²) in [4.78, 5) is 16.2. The highest BCUT2D eigenvalue weighted by molar-refractivity contribution is 7.99. The molecular weight excluding hydrogens is 244 g/mol. The molecule has 0 amide bonds. The molecule has 0 aliphatic rings. The lowest BCUT2D eigenvalue weighted by molar-refractivity contribution is 0.0605. The molecule has 1 aromatic heterocycles. The van der Waals surface area contributed by atoms with Gasteiger partial charge in [-0.2, -0.15) is 11.8 Å². The van der Waals surface area contributed by atoms with Crippen LogP contribution >= 0.6 is 23.1 Å². The molecule has 0 aliphatic heterocycles. The molecule has 4 nitrogen and oxygen atoms in total. The van der Waals surface area contributed by atoms with E-state index in [0.717, 1.165) is 17.4 Å². The van der Waals surface area contributed by atoms with Crippen LogP contribution in [-0.4, -0.2) is 36.1 Å². The van der Waals surface area contributed by atoms with Crippen LogP contribution in [0.5, 0.6) is 0 Å². The summed E-state index contributed by atoms with van der Waals surface area (Å²) < 4.78 is 4.68. The van der Waals surface area contributed by atoms with E-state index in [9.17, 15) is 4.79 Å². The largest absolute Gasteiger partial charge is 0.465 e. The number of rotatable bonds is 5. The molecule has 1 unspecified atom stereocenters. The lowest BCUT2D eigenvalue weighted by atomic mass is 10.4. The summed E-state index contributed by atoms with van der Waals surface area (Å²) in [5, 5.41) is 4.51. The molecule has 1 aromatic rings. The van der Waals surface area contributed by atoms with Crippen LogP contribution in [0.1, 0.15) is 22.3 Å². The van der Waals surface area contributed by atoms with Crippen LogP contribution in [0, 0.1) is 6.92 Å². The lowest BCUT2D eigenvalue weighted by Gasteiger charge is -2.07. The third-order valence-corrected chi connectivity index (χ3v) is 4.18. The molecule has 1 heterocycles. The van der Waals surface area contributed by atoms with Crippen LogP contribution in [0.4, 0.5) is 5.13 Å². The van der Waals surface area contributed by atoms with Gasteiger partial charge in [-0.1, -0.05) is 18.3 Å². The van der Waals surface area contributed by atoms with Crippen molar-refractivity contribution in [2.45, 2.75) is 19.1 Å². The first-order valence-electron chi connectivity index (χ1n) is 4.91. The average Bonchev–Trinajstić information content (AvgIpc) is 2.66. The minimum absolute atomic E-state index is 0.319. The molecule has 0 aromatic carbocycles. The van der Waals surface area contributed by atoms with E-state index < -0.39 is 0 Å². The van der Waals surface area contributed by atoms with Crippen molar-refractivity contribution in [3.05, 3.63) is 10.6 Å². The molecule has 0 radical (unpaired) electrons. The fourth-order valence-corrected chi connectivity index (χ4v) is 2.21. The van der Waals surface area contributed by atoms with E-state index in [1.807, 2.05) is 6.92 Å². The Bertz CT molecular complexity index is 366.